The molecule has 2 atom stereocenters. The van der Waals surface area contributed by atoms with Crippen LogP contribution in [0, 0.1) is 5.41 Å². The minimum Gasteiger partial charge on any atom is -0.480 e. The third-order valence-corrected chi connectivity index (χ3v) is 9.72. The molecule has 0 spiro atoms. The summed E-state index contributed by atoms with van der Waals surface area (Å²) < 4.78 is 11.8. The van der Waals surface area contributed by atoms with Crippen LogP contribution in [-0.2, 0) is 36.8 Å². The highest BCUT2D eigenvalue weighted by atomic mass is 35.5. The quantitative estimate of drug-likeness (QED) is 0.109. The first-order chi connectivity index (χ1) is 24.2. The van der Waals surface area contributed by atoms with E-state index in [1.54, 1.807) is 40.7 Å². The number of hydrogen-bond donors (Lipinski definition) is 2. The van der Waals surface area contributed by atoms with E-state index in [9.17, 15) is 24.0 Å². The number of benzene rings is 2. The van der Waals surface area contributed by atoms with Crippen LogP contribution in [-0.4, -0.2) is 52.2 Å². The van der Waals surface area contributed by atoms with Crippen LogP contribution in [0.3, 0.4) is 0 Å². The third-order valence-electron chi connectivity index (χ3n) is 9.39. The predicted molar refractivity (Wildman–Crippen MR) is 201 cm³/mol. The van der Waals surface area contributed by atoms with Gasteiger partial charge in [-0.05, 0) is 80.3 Å². The zero-order valence-corrected chi connectivity index (χ0v) is 32.3. The molecule has 1 saturated heterocycles. The molecule has 1 aliphatic rings. The van der Waals surface area contributed by atoms with Crippen LogP contribution in [0.5, 0.6) is 5.75 Å². The number of unbranched alkanes of at least 4 members (excludes halogenated alkanes) is 4. The van der Waals surface area contributed by atoms with Crippen LogP contribution in [0.4, 0.5) is 16.2 Å². The number of rotatable bonds is 19. The fourth-order valence-corrected chi connectivity index (χ4v) is 6.25. The Bertz CT molecular complexity index is 1560. The van der Waals surface area contributed by atoms with Gasteiger partial charge in [-0.15, -0.1) is 0 Å². The molecule has 280 valence electrons. The Balaban J connectivity index is 1.84. The number of Topliss-reactive ketones (excluding diaryl/α,β-unsaturated/α-hetero) is 1. The van der Waals surface area contributed by atoms with Gasteiger partial charge in [-0.25, -0.2) is 9.69 Å². The van der Waals surface area contributed by atoms with Gasteiger partial charge in [0.25, 0.3) is 17.7 Å². The molecule has 2 aromatic rings. The maximum Gasteiger partial charge on any atom is 0.418 e. The summed E-state index contributed by atoms with van der Waals surface area (Å²) in [6, 6.07) is 8.97. The molecule has 0 bridgehead atoms. The molecule has 1 heterocycles. The Labute approximate surface area is 308 Å². The Hall–Kier alpha value is -3.92. The van der Waals surface area contributed by atoms with E-state index in [4.69, 9.17) is 21.1 Å². The zero-order valence-electron chi connectivity index (χ0n) is 31.6. The molecular formula is C40H56ClN3O7. The average Bonchev–Trinajstić information content (AvgIpc) is 3.34. The number of nitrogens with one attached hydrogen (secondary N) is 2. The first kappa shape index (κ1) is 41.5. The minimum absolute atomic E-state index is 0.0780. The molecule has 0 aliphatic carbocycles. The average molecular weight is 726 g/mol. The summed E-state index contributed by atoms with van der Waals surface area (Å²) in [5.74, 6) is -2.02. The van der Waals surface area contributed by atoms with E-state index >= 15 is 0 Å². The Morgan fingerprint density at radius 1 is 0.863 bits per heavy atom. The standard InChI is InChI=1S/C40H56ClN3O7/c1-9-14-16-18-26-20-23-32(27(24-26)19-17-15-10-2)50-31(11-3)35(46)42-28-21-22-29(41)30(25-28)43-36(47)33(34(45)39(6,7)8)44-37(48)40(12-4,13-5)51-38(44)49/h20-25,31,33H,9-19H2,1-8H3,(H,42,46)(H,43,47). The van der Waals surface area contributed by atoms with E-state index in [0.29, 0.717) is 22.8 Å². The lowest BCUT2D eigenvalue weighted by molar-refractivity contribution is -0.147. The summed E-state index contributed by atoms with van der Waals surface area (Å²) in [5.41, 5.74) is 0.210. The van der Waals surface area contributed by atoms with E-state index < -0.39 is 46.9 Å². The van der Waals surface area contributed by atoms with Crippen molar-refractivity contribution in [3.8, 4) is 5.75 Å². The number of nitrogens with zero attached hydrogens (tertiary/aromatic N) is 1. The molecule has 0 saturated carbocycles. The molecule has 0 radical (unpaired) electrons. The normalized spacial score (nSPS) is 15.3. The number of hydrogen-bond acceptors (Lipinski definition) is 7. The van der Waals surface area contributed by atoms with Gasteiger partial charge in [0.05, 0.1) is 10.7 Å². The number of anilines is 2. The number of ether oxygens (including phenoxy) is 2. The van der Waals surface area contributed by atoms with Crippen molar-refractivity contribution in [3.63, 3.8) is 0 Å². The Morgan fingerprint density at radius 2 is 1.51 bits per heavy atom. The van der Waals surface area contributed by atoms with Gasteiger partial charge in [0, 0.05) is 11.1 Å². The van der Waals surface area contributed by atoms with Crippen molar-refractivity contribution in [1.29, 1.82) is 0 Å². The van der Waals surface area contributed by atoms with Crippen LogP contribution < -0.4 is 15.4 Å². The van der Waals surface area contributed by atoms with Crippen molar-refractivity contribution >= 4 is 52.6 Å². The molecule has 1 fully saturated rings. The summed E-state index contributed by atoms with van der Waals surface area (Å²) >= 11 is 6.47. The number of halogens is 1. The Morgan fingerprint density at radius 3 is 2.08 bits per heavy atom. The van der Waals surface area contributed by atoms with Gasteiger partial charge >= 0.3 is 6.09 Å². The van der Waals surface area contributed by atoms with Crippen molar-refractivity contribution < 1.29 is 33.4 Å². The molecule has 1 aliphatic heterocycles. The van der Waals surface area contributed by atoms with Crippen molar-refractivity contribution in [3.05, 3.63) is 52.5 Å². The molecular weight excluding hydrogens is 670 g/mol. The molecule has 51 heavy (non-hydrogen) atoms. The van der Waals surface area contributed by atoms with Crippen LogP contribution in [0.15, 0.2) is 36.4 Å². The summed E-state index contributed by atoms with van der Waals surface area (Å²) in [5, 5.41) is 5.60. The second-order valence-corrected chi connectivity index (χ2v) is 14.7. The van der Waals surface area contributed by atoms with E-state index in [2.05, 4.69) is 36.6 Å². The monoisotopic (exact) mass is 725 g/mol. The van der Waals surface area contributed by atoms with Crippen molar-refractivity contribution in [2.24, 2.45) is 5.41 Å². The molecule has 2 unspecified atom stereocenters. The second kappa shape index (κ2) is 18.5. The number of amides is 4. The number of cyclic esters (lactones) is 1. The van der Waals surface area contributed by atoms with Gasteiger partial charge in [0.15, 0.2) is 23.5 Å². The van der Waals surface area contributed by atoms with E-state index in [1.807, 2.05) is 13.0 Å². The smallest absolute Gasteiger partial charge is 0.418 e. The van der Waals surface area contributed by atoms with Gasteiger partial charge < -0.3 is 20.1 Å². The second-order valence-electron chi connectivity index (χ2n) is 14.3. The summed E-state index contributed by atoms with van der Waals surface area (Å²) in [6.45, 7) is 14.4. The number of imide groups is 1. The lowest BCUT2D eigenvalue weighted by Crippen LogP contribution is -2.56. The van der Waals surface area contributed by atoms with Crippen LogP contribution in [0.25, 0.3) is 0 Å². The molecule has 2 N–H and O–H groups in total. The van der Waals surface area contributed by atoms with Crippen LogP contribution in [0.2, 0.25) is 5.02 Å². The predicted octanol–water partition coefficient (Wildman–Crippen LogP) is 9.06. The molecule has 11 heteroatoms. The number of carbonyl (C=O) groups excluding carboxylic acids is 5. The zero-order chi connectivity index (χ0) is 37.9. The van der Waals surface area contributed by atoms with Crippen molar-refractivity contribution in [2.45, 2.75) is 144 Å². The highest BCUT2D eigenvalue weighted by molar-refractivity contribution is 6.34. The van der Waals surface area contributed by atoms with E-state index in [1.165, 1.54) is 24.1 Å². The van der Waals surface area contributed by atoms with Crippen molar-refractivity contribution in [2.75, 3.05) is 10.6 Å². The van der Waals surface area contributed by atoms with Crippen LogP contribution in [0.1, 0.15) is 124 Å². The van der Waals surface area contributed by atoms with Crippen LogP contribution >= 0.6 is 11.6 Å². The highest BCUT2D eigenvalue weighted by Gasteiger charge is 2.57. The number of aryl methyl sites for hydroxylation is 2. The number of carbonyl (C=O) groups is 5. The Kier molecular flexibility index (Phi) is 15.1. The molecule has 3 rings (SSSR count). The van der Waals surface area contributed by atoms with Gasteiger partial charge in [-0.1, -0.05) is 105 Å². The van der Waals surface area contributed by atoms with Gasteiger partial charge in [-0.3, -0.25) is 19.2 Å². The lowest BCUT2D eigenvalue weighted by Gasteiger charge is -2.29. The van der Waals surface area contributed by atoms with Gasteiger partial charge in [0.2, 0.25) is 0 Å². The summed E-state index contributed by atoms with van der Waals surface area (Å²) in [4.78, 5) is 68.2. The summed E-state index contributed by atoms with van der Waals surface area (Å²) in [7, 11) is 0. The van der Waals surface area contributed by atoms with E-state index in [-0.39, 0.29) is 29.5 Å². The van der Waals surface area contributed by atoms with E-state index in [0.717, 1.165) is 50.5 Å². The van der Waals surface area contributed by atoms with Gasteiger partial charge in [0.1, 0.15) is 5.75 Å². The minimum atomic E-state index is -1.80. The number of ketones is 1. The SMILES string of the molecule is CCCCCc1ccc(OC(CC)C(=O)Nc2ccc(Cl)c(NC(=O)C(C(=O)C(C)(C)C)N3C(=O)OC(CC)(CC)C3=O)c2)c(CCCCC)c1. The highest BCUT2D eigenvalue weighted by Crippen LogP contribution is 2.35. The molecule has 0 aromatic heterocycles. The lowest BCUT2D eigenvalue weighted by atomic mass is 9.85. The molecule has 10 nitrogen and oxygen atoms in total. The molecule has 4 amide bonds. The fraction of sp³-hybridized carbons (Fsp3) is 0.575. The maximum absolute atomic E-state index is 13.8. The van der Waals surface area contributed by atoms with Gasteiger partial charge in [-0.2, -0.15) is 0 Å². The largest absolute Gasteiger partial charge is 0.480 e. The van der Waals surface area contributed by atoms with Crippen molar-refractivity contribution in [1.82, 2.24) is 4.90 Å². The fourth-order valence-electron chi connectivity index (χ4n) is 6.09. The summed E-state index contributed by atoms with van der Waals surface area (Å²) in [6.07, 6.45) is 7.49. The topological polar surface area (TPSA) is 131 Å². The first-order valence-corrected chi connectivity index (χ1v) is 18.8. The maximum atomic E-state index is 13.8. The third kappa shape index (κ3) is 10.3. The molecule has 2 aromatic carbocycles. The first-order valence-electron chi connectivity index (χ1n) is 18.5.